The Labute approximate surface area is 118 Å². The van der Waals surface area contributed by atoms with E-state index in [1.807, 2.05) is 23.9 Å². The highest BCUT2D eigenvalue weighted by Gasteiger charge is 2.26. The van der Waals surface area contributed by atoms with E-state index >= 15 is 0 Å². The first-order valence-corrected chi connectivity index (χ1v) is 7.94. The van der Waals surface area contributed by atoms with Crippen LogP contribution in [0, 0.1) is 5.92 Å². The van der Waals surface area contributed by atoms with Crippen LogP contribution in [-0.4, -0.2) is 9.55 Å². The van der Waals surface area contributed by atoms with Gasteiger partial charge in [0.05, 0.1) is 12.0 Å². The van der Waals surface area contributed by atoms with Crippen molar-refractivity contribution in [1.82, 2.24) is 14.9 Å². The third-order valence-electron chi connectivity index (χ3n) is 4.14. The van der Waals surface area contributed by atoms with Crippen LogP contribution in [0.5, 0.6) is 0 Å². The molecule has 1 fully saturated rings. The van der Waals surface area contributed by atoms with E-state index in [-0.39, 0.29) is 0 Å². The fraction of sp³-hybridized carbons (Fsp3) is 0.533. The average Bonchev–Trinajstić information content (AvgIpc) is 3.13. The van der Waals surface area contributed by atoms with Crippen molar-refractivity contribution in [2.75, 3.05) is 0 Å². The van der Waals surface area contributed by atoms with Gasteiger partial charge in [-0.1, -0.05) is 18.9 Å². The summed E-state index contributed by atoms with van der Waals surface area (Å²) < 4.78 is 2.09. The highest BCUT2D eigenvalue weighted by atomic mass is 32.1. The molecule has 0 saturated heterocycles. The van der Waals surface area contributed by atoms with E-state index in [1.54, 1.807) is 0 Å². The molecule has 2 aromatic rings. The van der Waals surface area contributed by atoms with Gasteiger partial charge in [0.15, 0.2) is 0 Å². The second-order valence-electron chi connectivity index (χ2n) is 5.41. The van der Waals surface area contributed by atoms with Crippen LogP contribution in [-0.2, 0) is 13.6 Å². The lowest BCUT2D eigenvalue weighted by atomic mass is 9.96. The van der Waals surface area contributed by atoms with Gasteiger partial charge in [-0.05, 0) is 30.2 Å². The minimum absolute atomic E-state index is 0.511. The molecule has 0 aliphatic heterocycles. The van der Waals surface area contributed by atoms with Crippen LogP contribution in [0.2, 0.25) is 0 Å². The molecule has 102 valence electrons. The standard InChI is InChI=1S/C15H21N3S/c1-18-11-16-9-13(18)10-17-15(12-5-2-3-6-12)14-7-4-8-19-14/h4,7-9,11-12,15,17H,2-3,5-6,10H2,1H3. The van der Waals surface area contributed by atoms with Crippen molar-refractivity contribution in [1.29, 1.82) is 0 Å². The van der Waals surface area contributed by atoms with Gasteiger partial charge in [0.25, 0.3) is 0 Å². The number of aryl methyl sites for hydroxylation is 1. The van der Waals surface area contributed by atoms with E-state index in [0.717, 1.165) is 12.5 Å². The number of hydrogen-bond donors (Lipinski definition) is 1. The largest absolute Gasteiger partial charge is 0.337 e. The van der Waals surface area contributed by atoms with Gasteiger partial charge in [-0.15, -0.1) is 11.3 Å². The highest BCUT2D eigenvalue weighted by molar-refractivity contribution is 7.10. The summed E-state index contributed by atoms with van der Waals surface area (Å²) in [5.41, 5.74) is 1.25. The molecule has 2 aromatic heterocycles. The summed E-state index contributed by atoms with van der Waals surface area (Å²) in [6.07, 6.45) is 9.32. The summed E-state index contributed by atoms with van der Waals surface area (Å²) in [4.78, 5) is 5.67. The first kappa shape index (κ1) is 12.9. The van der Waals surface area contributed by atoms with Gasteiger partial charge in [-0.2, -0.15) is 0 Å². The fourth-order valence-electron chi connectivity index (χ4n) is 3.03. The molecule has 3 nitrogen and oxygen atoms in total. The predicted molar refractivity (Wildman–Crippen MR) is 79.1 cm³/mol. The molecular formula is C15H21N3S. The Bertz CT molecular complexity index is 497. The Morgan fingerprint density at radius 2 is 2.32 bits per heavy atom. The fourth-order valence-corrected chi connectivity index (χ4v) is 3.92. The average molecular weight is 275 g/mol. The third-order valence-corrected chi connectivity index (χ3v) is 5.10. The highest BCUT2D eigenvalue weighted by Crippen LogP contribution is 2.37. The second-order valence-corrected chi connectivity index (χ2v) is 6.39. The van der Waals surface area contributed by atoms with Crippen LogP contribution in [0.15, 0.2) is 30.0 Å². The van der Waals surface area contributed by atoms with Crippen LogP contribution in [0.4, 0.5) is 0 Å². The number of nitrogens with one attached hydrogen (secondary N) is 1. The maximum atomic E-state index is 4.19. The molecule has 0 radical (unpaired) electrons. The Morgan fingerprint density at radius 1 is 1.47 bits per heavy atom. The molecule has 0 amide bonds. The van der Waals surface area contributed by atoms with Crippen LogP contribution in [0.25, 0.3) is 0 Å². The molecule has 1 aliphatic rings. The smallest absolute Gasteiger partial charge is 0.0945 e. The summed E-state index contributed by atoms with van der Waals surface area (Å²) >= 11 is 1.87. The van der Waals surface area contributed by atoms with Crippen molar-refractivity contribution >= 4 is 11.3 Å². The molecule has 1 unspecified atom stereocenters. The Kier molecular flexibility index (Phi) is 3.99. The topological polar surface area (TPSA) is 29.9 Å². The van der Waals surface area contributed by atoms with Gasteiger partial charge in [-0.25, -0.2) is 4.98 Å². The van der Waals surface area contributed by atoms with Gasteiger partial charge in [-0.3, -0.25) is 0 Å². The van der Waals surface area contributed by atoms with E-state index in [1.165, 1.54) is 36.3 Å². The first-order chi connectivity index (χ1) is 9.34. The maximum absolute atomic E-state index is 4.19. The SMILES string of the molecule is Cn1cncc1CNC(c1cccs1)C1CCCC1. The molecule has 1 atom stereocenters. The van der Waals surface area contributed by atoms with Crippen molar-refractivity contribution in [2.24, 2.45) is 13.0 Å². The Balaban J connectivity index is 1.71. The van der Waals surface area contributed by atoms with Crippen LogP contribution < -0.4 is 5.32 Å². The van der Waals surface area contributed by atoms with E-state index in [0.29, 0.717) is 6.04 Å². The zero-order valence-corrected chi connectivity index (χ0v) is 12.2. The van der Waals surface area contributed by atoms with Gasteiger partial charge in [0.2, 0.25) is 0 Å². The van der Waals surface area contributed by atoms with Gasteiger partial charge in [0.1, 0.15) is 0 Å². The quantitative estimate of drug-likeness (QED) is 0.905. The third kappa shape index (κ3) is 2.90. The van der Waals surface area contributed by atoms with Crippen molar-refractivity contribution in [3.05, 3.63) is 40.6 Å². The molecule has 2 heterocycles. The number of nitrogens with zero attached hydrogens (tertiary/aromatic N) is 2. The van der Waals surface area contributed by atoms with Crippen LogP contribution >= 0.6 is 11.3 Å². The first-order valence-electron chi connectivity index (χ1n) is 7.06. The van der Waals surface area contributed by atoms with Gasteiger partial charge >= 0.3 is 0 Å². The monoisotopic (exact) mass is 275 g/mol. The van der Waals surface area contributed by atoms with Crippen molar-refractivity contribution in [2.45, 2.75) is 38.3 Å². The molecule has 3 rings (SSSR count). The van der Waals surface area contributed by atoms with Gasteiger partial charge < -0.3 is 9.88 Å². The summed E-state index contributed by atoms with van der Waals surface area (Å²) in [5.74, 6) is 0.798. The summed E-state index contributed by atoms with van der Waals surface area (Å²) in [7, 11) is 2.06. The maximum Gasteiger partial charge on any atom is 0.0945 e. The van der Waals surface area contributed by atoms with Crippen LogP contribution in [0.1, 0.15) is 42.3 Å². The van der Waals surface area contributed by atoms with Crippen LogP contribution in [0.3, 0.4) is 0 Å². The molecule has 0 spiro atoms. The summed E-state index contributed by atoms with van der Waals surface area (Å²) in [6.45, 7) is 0.898. The Morgan fingerprint density at radius 3 is 2.95 bits per heavy atom. The lowest BCUT2D eigenvalue weighted by Crippen LogP contribution is -2.26. The molecule has 19 heavy (non-hydrogen) atoms. The molecule has 4 heteroatoms. The summed E-state index contributed by atoms with van der Waals surface area (Å²) in [5, 5.41) is 5.94. The molecule has 0 aromatic carbocycles. The minimum Gasteiger partial charge on any atom is -0.337 e. The lowest BCUT2D eigenvalue weighted by molar-refractivity contribution is 0.368. The molecule has 1 saturated carbocycles. The predicted octanol–water partition coefficient (Wildman–Crippen LogP) is 3.50. The number of imidazole rings is 1. The van der Waals surface area contributed by atoms with Crippen molar-refractivity contribution < 1.29 is 0 Å². The number of aromatic nitrogens is 2. The van der Waals surface area contributed by atoms with E-state index in [9.17, 15) is 0 Å². The zero-order chi connectivity index (χ0) is 13.1. The second kappa shape index (κ2) is 5.88. The molecule has 1 N–H and O–H groups in total. The Hall–Kier alpha value is -1.13. The van der Waals surface area contributed by atoms with E-state index < -0.39 is 0 Å². The zero-order valence-electron chi connectivity index (χ0n) is 11.4. The van der Waals surface area contributed by atoms with E-state index in [4.69, 9.17) is 0 Å². The molecule has 1 aliphatic carbocycles. The number of hydrogen-bond acceptors (Lipinski definition) is 3. The van der Waals surface area contributed by atoms with E-state index in [2.05, 4.69) is 39.4 Å². The molecular weight excluding hydrogens is 254 g/mol. The van der Waals surface area contributed by atoms with Crippen molar-refractivity contribution in [3.8, 4) is 0 Å². The number of thiophene rings is 1. The minimum atomic E-state index is 0.511. The van der Waals surface area contributed by atoms with Gasteiger partial charge in [0, 0.05) is 30.7 Å². The normalized spacial score (nSPS) is 17.9. The molecule has 0 bridgehead atoms. The van der Waals surface area contributed by atoms with Crippen molar-refractivity contribution in [3.63, 3.8) is 0 Å². The lowest BCUT2D eigenvalue weighted by Gasteiger charge is -2.24. The summed E-state index contributed by atoms with van der Waals surface area (Å²) in [6, 6.07) is 4.94. The number of rotatable bonds is 5.